The summed E-state index contributed by atoms with van der Waals surface area (Å²) >= 11 is 0. The highest BCUT2D eigenvalue weighted by Crippen LogP contribution is 2.42. The van der Waals surface area contributed by atoms with Gasteiger partial charge >= 0.3 is 0 Å². The van der Waals surface area contributed by atoms with Gasteiger partial charge in [0.15, 0.2) is 0 Å². The molecule has 4 aromatic rings. The topological polar surface area (TPSA) is 18.5 Å². The summed E-state index contributed by atoms with van der Waals surface area (Å²) in [5.41, 5.74) is 3.55. The molecule has 0 aliphatic carbocycles. The van der Waals surface area contributed by atoms with E-state index in [1.807, 2.05) is 0 Å². The molecule has 0 N–H and O–H groups in total. The van der Waals surface area contributed by atoms with Gasteiger partial charge in [0, 0.05) is 12.7 Å². The second-order valence-electron chi connectivity index (χ2n) is 7.12. The van der Waals surface area contributed by atoms with Gasteiger partial charge in [0.05, 0.1) is 13.2 Å². The first-order chi connectivity index (χ1) is 13.8. The van der Waals surface area contributed by atoms with Crippen LogP contribution in [0.4, 0.5) is 0 Å². The van der Waals surface area contributed by atoms with Crippen LogP contribution in [0.5, 0.6) is 5.75 Å². The lowest BCUT2D eigenvalue weighted by molar-refractivity contribution is 0.185. The average Bonchev–Trinajstić information content (AvgIpc) is 2.74. The van der Waals surface area contributed by atoms with Gasteiger partial charge in [0.25, 0.3) is 0 Å². The van der Waals surface area contributed by atoms with Crippen molar-refractivity contribution in [2.24, 2.45) is 0 Å². The Bertz CT molecular complexity index is 1100. The Kier molecular flexibility index (Phi) is 5.59. The molecule has 0 fully saturated rings. The van der Waals surface area contributed by atoms with Crippen molar-refractivity contribution in [3.8, 4) is 16.9 Å². The molecule has 0 bridgehead atoms. The minimum Gasteiger partial charge on any atom is -0.493 e. The van der Waals surface area contributed by atoms with E-state index in [0.717, 1.165) is 30.8 Å². The third-order valence-corrected chi connectivity index (χ3v) is 5.21. The number of ether oxygens (including phenoxy) is 2. The molecule has 0 aromatic heterocycles. The maximum Gasteiger partial charge on any atom is 0.127 e. The molecule has 4 aromatic carbocycles. The van der Waals surface area contributed by atoms with Gasteiger partial charge < -0.3 is 9.47 Å². The Hall–Kier alpha value is -2.84. The summed E-state index contributed by atoms with van der Waals surface area (Å²) in [7, 11) is 1.75. The molecule has 0 unspecified atom stereocenters. The fourth-order valence-electron chi connectivity index (χ4n) is 3.84. The highest BCUT2D eigenvalue weighted by molar-refractivity contribution is 6.08. The van der Waals surface area contributed by atoms with Gasteiger partial charge in [0.1, 0.15) is 5.75 Å². The first-order valence-electron chi connectivity index (χ1n) is 9.98. The Balaban J connectivity index is 2.04. The molecule has 0 saturated carbocycles. The molecule has 2 nitrogen and oxygen atoms in total. The van der Waals surface area contributed by atoms with Crippen molar-refractivity contribution in [1.29, 1.82) is 0 Å². The van der Waals surface area contributed by atoms with Gasteiger partial charge in [-0.2, -0.15) is 0 Å². The minimum atomic E-state index is 0.567. The van der Waals surface area contributed by atoms with E-state index in [4.69, 9.17) is 9.47 Å². The molecule has 0 radical (unpaired) electrons. The van der Waals surface area contributed by atoms with Gasteiger partial charge in [-0.05, 0) is 45.2 Å². The number of unbranched alkanes of at least 4 members (excludes halogenated alkanes) is 1. The lowest BCUT2D eigenvalue weighted by atomic mass is 9.89. The predicted molar refractivity (Wildman–Crippen MR) is 118 cm³/mol. The summed E-state index contributed by atoms with van der Waals surface area (Å²) in [5.74, 6) is 0.945. The quantitative estimate of drug-likeness (QED) is 0.327. The first-order valence-corrected chi connectivity index (χ1v) is 9.98. The van der Waals surface area contributed by atoms with Crippen LogP contribution < -0.4 is 4.74 Å². The van der Waals surface area contributed by atoms with Crippen molar-refractivity contribution in [2.75, 3.05) is 13.7 Å². The lowest BCUT2D eigenvalue weighted by Gasteiger charge is -2.19. The lowest BCUT2D eigenvalue weighted by Crippen LogP contribution is -2.01. The largest absolute Gasteiger partial charge is 0.493 e. The number of fused-ring (bicyclic) bond motifs is 2. The first kappa shape index (κ1) is 18.5. The summed E-state index contributed by atoms with van der Waals surface area (Å²) in [5, 5.41) is 4.89. The second kappa shape index (κ2) is 8.45. The van der Waals surface area contributed by atoms with Crippen LogP contribution in [-0.4, -0.2) is 13.7 Å². The van der Waals surface area contributed by atoms with Gasteiger partial charge in [-0.1, -0.05) is 80.1 Å². The summed E-state index contributed by atoms with van der Waals surface area (Å²) in [4.78, 5) is 0. The van der Waals surface area contributed by atoms with Crippen LogP contribution in [0.1, 0.15) is 25.3 Å². The van der Waals surface area contributed by atoms with Crippen LogP contribution in [-0.2, 0) is 11.3 Å². The molecule has 4 rings (SSSR count). The van der Waals surface area contributed by atoms with Gasteiger partial charge in [-0.3, -0.25) is 0 Å². The summed E-state index contributed by atoms with van der Waals surface area (Å²) in [6.45, 7) is 3.48. The van der Waals surface area contributed by atoms with Crippen molar-refractivity contribution in [3.63, 3.8) is 0 Å². The van der Waals surface area contributed by atoms with Crippen molar-refractivity contribution in [1.82, 2.24) is 0 Å². The molecule has 0 saturated heterocycles. The third kappa shape index (κ3) is 3.48. The molecule has 0 heterocycles. The zero-order valence-electron chi connectivity index (χ0n) is 16.6. The zero-order valence-corrected chi connectivity index (χ0v) is 16.6. The van der Waals surface area contributed by atoms with E-state index in [9.17, 15) is 0 Å². The maximum absolute atomic E-state index is 6.28. The minimum absolute atomic E-state index is 0.567. The van der Waals surface area contributed by atoms with E-state index in [2.05, 4.69) is 79.7 Å². The fourth-order valence-corrected chi connectivity index (χ4v) is 3.84. The van der Waals surface area contributed by atoms with E-state index in [-0.39, 0.29) is 0 Å². The van der Waals surface area contributed by atoms with E-state index in [1.54, 1.807) is 7.11 Å². The summed E-state index contributed by atoms with van der Waals surface area (Å²) < 4.78 is 11.8. The van der Waals surface area contributed by atoms with Crippen LogP contribution >= 0.6 is 0 Å². The van der Waals surface area contributed by atoms with Crippen molar-refractivity contribution < 1.29 is 9.47 Å². The number of methoxy groups -OCH3 is 1. The van der Waals surface area contributed by atoms with Crippen LogP contribution in [0.3, 0.4) is 0 Å². The second-order valence-corrected chi connectivity index (χ2v) is 7.12. The normalized spacial score (nSPS) is 11.2. The molecule has 142 valence electrons. The molecular weight excluding hydrogens is 344 g/mol. The zero-order chi connectivity index (χ0) is 19.3. The Morgan fingerprint density at radius 1 is 0.714 bits per heavy atom. The molecule has 0 atom stereocenters. The molecule has 0 aliphatic heterocycles. The van der Waals surface area contributed by atoms with Crippen molar-refractivity contribution in [3.05, 3.63) is 78.4 Å². The monoisotopic (exact) mass is 370 g/mol. The van der Waals surface area contributed by atoms with Crippen LogP contribution in [0.15, 0.2) is 72.8 Å². The Morgan fingerprint density at radius 3 is 2.04 bits per heavy atom. The van der Waals surface area contributed by atoms with Crippen LogP contribution in [0.25, 0.3) is 32.7 Å². The summed E-state index contributed by atoms with van der Waals surface area (Å²) in [6.07, 6.45) is 2.17. The van der Waals surface area contributed by atoms with Gasteiger partial charge in [-0.25, -0.2) is 0 Å². The number of hydrogen-bond acceptors (Lipinski definition) is 2. The molecule has 0 amide bonds. The van der Waals surface area contributed by atoms with Crippen LogP contribution in [0.2, 0.25) is 0 Å². The molecular formula is C26H26O2. The van der Waals surface area contributed by atoms with Crippen LogP contribution in [0, 0.1) is 0 Å². The predicted octanol–water partition coefficient (Wildman–Crippen LogP) is 6.99. The molecule has 28 heavy (non-hydrogen) atoms. The van der Waals surface area contributed by atoms with E-state index < -0.39 is 0 Å². The van der Waals surface area contributed by atoms with Gasteiger partial charge in [0.2, 0.25) is 0 Å². The molecule has 0 spiro atoms. The van der Waals surface area contributed by atoms with Crippen molar-refractivity contribution >= 4 is 21.5 Å². The highest BCUT2D eigenvalue weighted by Gasteiger charge is 2.17. The van der Waals surface area contributed by atoms with E-state index in [1.165, 1.54) is 32.7 Å². The van der Waals surface area contributed by atoms with E-state index in [0.29, 0.717) is 6.61 Å². The van der Waals surface area contributed by atoms with Crippen molar-refractivity contribution in [2.45, 2.75) is 26.4 Å². The molecule has 2 heteroatoms. The Labute approximate surface area is 166 Å². The smallest absolute Gasteiger partial charge is 0.127 e. The number of benzene rings is 4. The SMILES string of the molecule is CCCCOc1ccc2ccccc2c1-c1c(COC)ccc2ccccc12. The fraction of sp³-hybridized carbons (Fsp3) is 0.231. The summed E-state index contributed by atoms with van der Waals surface area (Å²) in [6, 6.07) is 25.7. The third-order valence-electron chi connectivity index (χ3n) is 5.21. The molecule has 0 aliphatic rings. The Morgan fingerprint density at radius 2 is 1.36 bits per heavy atom. The highest BCUT2D eigenvalue weighted by atomic mass is 16.5. The number of hydrogen-bond donors (Lipinski definition) is 0. The average molecular weight is 370 g/mol. The number of rotatable bonds is 7. The van der Waals surface area contributed by atoms with Gasteiger partial charge in [-0.15, -0.1) is 0 Å². The maximum atomic E-state index is 6.28. The van der Waals surface area contributed by atoms with E-state index >= 15 is 0 Å². The standard InChI is InChI=1S/C26H26O2/c1-3-4-17-28-24-16-15-20-10-6-8-12-23(20)26(24)25-21(18-27-2)14-13-19-9-5-7-11-22(19)25/h5-16H,3-4,17-18H2,1-2H3.